The van der Waals surface area contributed by atoms with Gasteiger partial charge < -0.3 is 10.2 Å². The summed E-state index contributed by atoms with van der Waals surface area (Å²) in [6.45, 7) is 0.412. The molecule has 0 radical (unpaired) electrons. The molecule has 0 spiro atoms. The van der Waals surface area contributed by atoms with E-state index in [0.717, 1.165) is 6.42 Å². The molecule has 9 heteroatoms. The number of pyridine rings is 1. The van der Waals surface area contributed by atoms with Gasteiger partial charge in [-0.15, -0.1) is 11.3 Å². The molecular weight excluding hydrogens is 362 g/mol. The molecule has 1 atom stereocenters. The Balaban J connectivity index is 1.62. The number of thiazole rings is 1. The normalized spacial score (nSPS) is 16.5. The summed E-state index contributed by atoms with van der Waals surface area (Å²) >= 11 is 7.20. The highest BCUT2D eigenvalue weighted by atomic mass is 35.5. The number of rotatable bonds is 4. The molecule has 0 aliphatic carbocycles. The highest BCUT2D eigenvalue weighted by molar-refractivity contribution is 7.17. The number of amides is 2. The molecule has 2 aromatic rings. The molecule has 1 fully saturated rings. The van der Waals surface area contributed by atoms with Crippen LogP contribution >= 0.6 is 22.9 Å². The second kappa shape index (κ2) is 7.59. The van der Waals surface area contributed by atoms with Crippen LogP contribution in [0.1, 0.15) is 22.5 Å². The van der Waals surface area contributed by atoms with Gasteiger partial charge in [0.2, 0.25) is 5.91 Å². The molecule has 3 heterocycles. The molecule has 7 nitrogen and oxygen atoms in total. The fourth-order valence-electron chi connectivity index (χ4n) is 2.59. The van der Waals surface area contributed by atoms with Crippen molar-refractivity contribution in [3.8, 4) is 16.6 Å². The maximum Gasteiger partial charge on any atom is 0.263 e. The van der Waals surface area contributed by atoms with Gasteiger partial charge in [0, 0.05) is 18.3 Å². The van der Waals surface area contributed by atoms with Gasteiger partial charge in [0.1, 0.15) is 21.1 Å². The highest BCUT2D eigenvalue weighted by Crippen LogP contribution is 2.29. The smallest absolute Gasteiger partial charge is 0.263 e. The standard InChI is InChI=1S/C16H14ClN5O2S/c17-14-11(4-1-5-19-14)16-21-8-12(25-16)15(24)20-9-13(23)22-6-2-3-10(22)7-18/h1,4-5,8,10H,2-3,6,9H2,(H,20,24)/t10-/m0/s1. The van der Waals surface area contributed by atoms with Gasteiger partial charge in [-0.2, -0.15) is 5.26 Å². The lowest BCUT2D eigenvalue weighted by molar-refractivity contribution is -0.130. The molecule has 3 rings (SSSR count). The van der Waals surface area contributed by atoms with Crippen LogP contribution < -0.4 is 5.32 Å². The lowest BCUT2D eigenvalue weighted by atomic mass is 10.2. The summed E-state index contributed by atoms with van der Waals surface area (Å²) in [6.07, 6.45) is 4.50. The number of nitrogens with one attached hydrogen (secondary N) is 1. The molecule has 25 heavy (non-hydrogen) atoms. The second-order valence-corrected chi connectivity index (χ2v) is 6.82. The van der Waals surface area contributed by atoms with E-state index in [1.165, 1.54) is 22.4 Å². The van der Waals surface area contributed by atoms with Crippen LogP contribution in [0.15, 0.2) is 24.5 Å². The number of carbonyl (C=O) groups excluding carboxylic acids is 2. The molecule has 128 valence electrons. The van der Waals surface area contributed by atoms with Crippen molar-refractivity contribution < 1.29 is 9.59 Å². The van der Waals surface area contributed by atoms with Crippen LogP contribution in [0, 0.1) is 11.3 Å². The average molecular weight is 376 g/mol. The molecule has 2 aromatic heterocycles. The summed E-state index contributed by atoms with van der Waals surface area (Å²) < 4.78 is 0. The molecule has 0 aromatic carbocycles. The topological polar surface area (TPSA) is 99.0 Å². The predicted octanol–water partition coefficient (Wildman–Crippen LogP) is 2.10. The monoisotopic (exact) mass is 375 g/mol. The van der Waals surface area contributed by atoms with E-state index in [0.29, 0.717) is 33.6 Å². The van der Waals surface area contributed by atoms with Gasteiger partial charge in [0.15, 0.2) is 0 Å². The Morgan fingerprint density at radius 2 is 2.32 bits per heavy atom. The molecule has 1 aliphatic rings. The van der Waals surface area contributed by atoms with Crippen LogP contribution in [0.5, 0.6) is 0 Å². The van der Waals surface area contributed by atoms with Crippen molar-refractivity contribution in [2.24, 2.45) is 0 Å². The van der Waals surface area contributed by atoms with Crippen LogP contribution in [0.3, 0.4) is 0 Å². The van der Waals surface area contributed by atoms with Crippen molar-refractivity contribution in [3.05, 3.63) is 34.6 Å². The SMILES string of the molecule is N#C[C@@H]1CCCN1C(=O)CNC(=O)c1cnc(-c2cccnc2Cl)s1. The maximum atomic E-state index is 12.2. The number of hydrogen-bond acceptors (Lipinski definition) is 6. The summed E-state index contributed by atoms with van der Waals surface area (Å²) in [7, 11) is 0. The number of halogens is 1. The molecule has 0 saturated carbocycles. The fraction of sp³-hybridized carbons (Fsp3) is 0.312. The minimum Gasteiger partial charge on any atom is -0.342 e. The van der Waals surface area contributed by atoms with E-state index >= 15 is 0 Å². The lowest BCUT2D eigenvalue weighted by Gasteiger charge is -2.19. The van der Waals surface area contributed by atoms with E-state index in [1.54, 1.807) is 18.3 Å². The van der Waals surface area contributed by atoms with E-state index in [1.807, 2.05) is 0 Å². The van der Waals surface area contributed by atoms with Gasteiger partial charge >= 0.3 is 0 Å². The van der Waals surface area contributed by atoms with E-state index < -0.39 is 6.04 Å². The van der Waals surface area contributed by atoms with E-state index in [2.05, 4.69) is 21.4 Å². The van der Waals surface area contributed by atoms with Crippen LogP contribution in [-0.4, -0.2) is 45.8 Å². The number of hydrogen-bond donors (Lipinski definition) is 1. The zero-order valence-electron chi connectivity index (χ0n) is 13.1. The second-order valence-electron chi connectivity index (χ2n) is 5.43. The Morgan fingerprint density at radius 3 is 3.08 bits per heavy atom. The molecular formula is C16H14ClN5O2S. The Bertz CT molecular complexity index is 847. The molecule has 1 N–H and O–H groups in total. The first-order valence-corrected chi connectivity index (χ1v) is 8.83. The van der Waals surface area contributed by atoms with Crippen LogP contribution in [0.25, 0.3) is 10.6 Å². The van der Waals surface area contributed by atoms with Crippen molar-refractivity contribution >= 4 is 34.8 Å². The highest BCUT2D eigenvalue weighted by Gasteiger charge is 2.28. The molecule has 1 aliphatic heterocycles. The van der Waals surface area contributed by atoms with Gasteiger partial charge in [-0.1, -0.05) is 11.6 Å². The fourth-order valence-corrected chi connectivity index (χ4v) is 3.72. The van der Waals surface area contributed by atoms with Crippen molar-refractivity contribution in [2.75, 3.05) is 13.1 Å². The molecule has 0 unspecified atom stereocenters. The minimum absolute atomic E-state index is 0.141. The van der Waals surface area contributed by atoms with Crippen molar-refractivity contribution in [2.45, 2.75) is 18.9 Å². The third-order valence-electron chi connectivity index (χ3n) is 3.84. The zero-order valence-corrected chi connectivity index (χ0v) is 14.7. The van der Waals surface area contributed by atoms with E-state index in [4.69, 9.17) is 16.9 Å². The summed E-state index contributed by atoms with van der Waals surface area (Å²) in [5.41, 5.74) is 0.651. The Kier molecular flexibility index (Phi) is 5.26. The van der Waals surface area contributed by atoms with Gasteiger partial charge in [-0.05, 0) is 25.0 Å². The Hall–Kier alpha value is -2.50. The van der Waals surface area contributed by atoms with Crippen LogP contribution in [-0.2, 0) is 4.79 Å². The molecule has 1 saturated heterocycles. The van der Waals surface area contributed by atoms with E-state index in [-0.39, 0.29) is 18.4 Å². The Morgan fingerprint density at radius 1 is 1.48 bits per heavy atom. The largest absolute Gasteiger partial charge is 0.342 e. The summed E-state index contributed by atoms with van der Waals surface area (Å²) in [6, 6.07) is 5.22. The van der Waals surface area contributed by atoms with E-state index in [9.17, 15) is 9.59 Å². The quantitative estimate of drug-likeness (QED) is 0.825. The number of likely N-dealkylation sites (tertiary alicyclic amines) is 1. The lowest BCUT2D eigenvalue weighted by Crippen LogP contribution is -2.42. The van der Waals surface area contributed by atoms with Gasteiger partial charge in [-0.25, -0.2) is 9.97 Å². The van der Waals surface area contributed by atoms with Crippen molar-refractivity contribution in [3.63, 3.8) is 0 Å². The number of carbonyl (C=O) groups is 2. The average Bonchev–Trinajstić information content (AvgIpc) is 3.28. The summed E-state index contributed by atoms with van der Waals surface area (Å²) in [4.78, 5) is 34.4. The third kappa shape index (κ3) is 3.78. The van der Waals surface area contributed by atoms with Crippen molar-refractivity contribution in [1.29, 1.82) is 5.26 Å². The summed E-state index contributed by atoms with van der Waals surface area (Å²) in [5, 5.41) is 12.5. The Labute approximate surface area is 153 Å². The van der Waals surface area contributed by atoms with Gasteiger partial charge in [0.05, 0.1) is 18.8 Å². The predicted molar refractivity (Wildman–Crippen MR) is 93.0 cm³/mol. The molecule has 0 bridgehead atoms. The third-order valence-corrected chi connectivity index (χ3v) is 5.17. The molecule has 2 amide bonds. The zero-order chi connectivity index (χ0) is 17.8. The first-order valence-electron chi connectivity index (χ1n) is 7.64. The van der Waals surface area contributed by atoms with Crippen LogP contribution in [0.4, 0.5) is 0 Å². The number of nitrogens with zero attached hydrogens (tertiary/aromatic N) is 4. The van der Waals surface area contributed by atoms with Gasteiger partial charge in [0.25, 0.3) is 5.91 Å². The van der Waals surface area contributed by atoms with Crippen molar-refractivity contribution in [1.82, 2.24) is 20.2 Å². The first kappa shape index (κ1) is 17.3. The van der Waals surface area contributed by atoms with Crippen LogP contribution in [0.2, 0.25) is 5.15 Å². The summed E-state index contributed by atoms with van der Waals surface area (Å²) in [5.74, 6) is -0.637. The maximum absolute atomic E-state index is 12.2. The van der Waals surface area contributed by atoms with Gasteiger partial charge in [-0.3, -0.25) is 9.59 Å². The number of nitriles is 1. The number of aromatic nitrogens is 2. The first-order chi connectivity index (χ1) is 12.1. The minimum atomic E-state index is -0.396.